The van der Waals surface area contributed by atoms with Gasteiger partial charge in [-0.15, -0.1) is 0 Å². The average molecular weight is 578 g/mol. The quantitative estimate of drug-likeness (QED) is 0.253. The highest BCUT2D eigenvalue weighted by Crippen LogP contribution is 2.77. The SMILES string of the molecule is C=C(CO)[C@@H]1CC[C@]2(CO)CC[C@]3(C)[C@H](CC[C@@H]4[C@@]5(C)CC[C@H](NCCc6ccc(O)cc6)C(C)(C)[C@@H]5CC[C@]43C)[C@@H]12. The fourth-order valence-corrected chi connectivity index (χ4v) is 13.0. The Bertz CT molecular complexity index is 1160. The van der Waals surface area contributed by atoms with Gasteiger partial charge in [0.15, 0.2) is 0 Å². The van der Waals surface area contributed by atoms with Crippen molar-refractivity contribution < 1.29 is 15.3 Å². The topological polar surface area (TPSA) is 72.7 Å². The highest BCUT2D eigenvalue weighted by atomic mass is 16.3. The molecule has 1 aromatic carbocycles. The molecule has 0 saturated heterocycles. The predicted molar refractivity (Wildman–Crippen MR) is 171 cm³/mol. The lowest BCUT2D eigenvalue weighted by atomic mass is 9.32. The Morgan fingerprint density at radius 3 is 2.26 bits per heavy atom. The van der Waals surface area contributed by atoms with Crippen LogP contribution < -0.4 is 5.32 Å². The van der Waals surface area contributed by atoms with Gasteiger partial charge in [0.2, 0.25) is 0 Å². The van der Waals surface area contributed by atoms with Gasteiger partial charge < -0.3 is 20.6 Å². The molecule has 0 spiro atoms. The van der Waals surface area contributed by atoms with E-state index in [9.17, 15) is 15.3 Å². The van der Waals surface area contributed by atoms with Crippen molar-refractivity contribution in [3.05, 3.63) is 42.0 Å². The van der Waals surface area contributed by atoms with E-state index >= 15 is 0 Å². The number of aliphatic hydroxyl groups excluding tert-OH is 2. The van der Waals surface area contributed by atoms with Crippen LogP contribution in [0.1, 0.15) is 104 Å². The van der Waals surface area contributed by atoms with Crippen molar-refractivity contribution in [3.8, 4) is 5.75 Å². The molecule has 10 atom stereocenters. The number of nitrogens with one attached hydrogen (secondary N) is 1. The molecule has 4 nitrogen and oxygen atoms in total. The Morgan fingerprint density at radius 2 is 1.57 bits per heavy atom. The van der Waals surface area contributed by atoms with Gasteiger partial charge in [-0.2, -0.15) is 0 Å². The molecule has 4 N–H and O–H groups in total. The Labute approximate surface area is 255 Å². The molecule has 4 heteroatoms. The number of benzene rings is 1. The third kappa shape index (κ3) is 4.31. The van der Waals surface area contributed by atoms with Crippen LogP contribution in [0.5, 0.6) is 5.75 Å². The summed E-state index contributed by atoms with van der Waals surface area (Å²) in [5, 5.41) is 34.6. The third-order valence-corrected chi connectivity index (χ3v) is 15.4. The molecule has 0 aromatic heterocycles. The van der Waals surface area contributed by atoms with Gasteiger partial charge in [0.1, 0.15) is 5.75 Å². The van der Waals surface area contributed by atoms with Crippen molar-refractivity contribution >= 4 is 0 Å². The van der Waals surface area contributed by atoms with Gasteiger partial charge in [-0.3, -0.25) is 0 Å². The Balaban J connectivity index is 1.23. The van der Waals surface area contributed by atoms with Crippen molar-refractivity contribution in [2.45, 2.75) is 111 Å². The van der Waals surface area contributed by atoms with Gasteiger partial charge in [-0.1, -0.05) is 53.3 Å². The number of phenols is 1. The molecule has 0 aliphatic heterocycles. The van der Waals surface area contributed by atoms with Crippen molar-refractivity contribution in [1.29, 1.82) is 0 Å². The standard InChI is InChI=1S/C38H59NO3/c1-25(23-40)28-13-19-38(24-41)21-20-36(5)29(33(28)38)11-12-31-35(4)17-15-32(34(2,3)30(35)14-18-37(31,36)6)39-22-16-26-7-9-27(42)10-8-26/h7-10,28-33,39-42H,1,11-24H2,2-6H3/t28-,29+,30-,31+,32-,33+,35-,36+,37+,38+/m0/s1. The highest BCUT2D eigenvalue weighted by Gasteiger charge is 2.70. The van der Waals surface area contributed by atoms with Crippen LogP contribution in [0.15, 0.2) is 36.4 Å². The molecule has 5 saturated carbocycles. The number of phenolic OH excluding ortho intramolecular Hbond substituents is 1. The molecule has 0 unspecified atom stereocenters. The molecular weight excluding hydrogens is 518 g/mol. The van der Waals surface area contributed by atoms with E-state index in [0.29, 0.717) is 47.0 Å². The van der Waals surface area contributed by atoms with E-state index in [2.05, 4.69) is 46.5 Å². The minimum Gasteiger partial charge on any atom is -0.508 e. The minimum atomic E-state index is 0.0309. The van der Waals surface area contributed by atoms with Crippen LogP contribution in [0.3, 0.4) is 0 Å². The molecule has 1 aromatic rings. The monoisotopic (exact) mass is 577 g/mol. The molecule has 5 aliphatic carbocycles. The van der Waals surface area contributed by atoms with Gasteiger partial charge in [0.05, 0.1) is 6.61 Å². The molecule has 0 heterocycles. The van der Waals surface area contributed by atoms with Crippen LogP contribution >= 0.6 is 0 Å². The summed E-state index contributed by atoms with van der Waals surface area (Å²) in [4.78, 5) is 0. The van der Waals surface area contributed by atoms with Crippen molar-refractivity contribution in [2.75, 3.05) is 19.8 Å². The summed E-state index contributed by atoms with van der Waals surface area (Å²) in [5.74, 6) is 3.24. The number of hydrogen-bond acceptors (Lipinski definition) is 4. The summed E-state index contributed by atoms with van der Waals surface area (Å²) in [6.45, 7) is 18.9. The summed E-state index contributed by atoms with van der Waals surface area (Å²) in [5.41, 5.74) is 3.51. The molecule has 42 heavy (non-hydrogen) atoms. The summed E-state index contributed by atoms with van der Waals surface area (Å²) in [6.07, 6.45) is 13.3. The molecule has 0 bridgehead atoms. The zero-order chi connectivity index (χ0) is 30.1. The van der Waals surface area contributed by atoms with E-state index in [-0.39, 0.29) is 22.9 Å². The van der Waals surface area contributed by atoms with E-state index in [0.717, 1.165) is 49.6 Å². The van der Waals surface area contributed by atoms with Gasteiger partial charge in [-0.05, 0) is 157 Å². The maximum absolute atomic E-state index is 10.8. The fraction of sp³-hybridized carbons (Fsp3) is 0.789. The zero-order valence-corrected chi connectivity index (χ0v) is 27.2. The first kappa shape index (κ1) is 30.7. The zero-order valence-electron chi connectivity index (χ0n) is 27.2. The molecule has 0 radical (unpaired) electrons. The summed E-state index contributed by atoms with van der Waals surface area (Å²) < 4.78 is 0. The van der Waals surface area contributed by atoms with Crippen molar-refractivity contribution in [3.63, 3.8) is 0 Å². The largest absolute Gasteiger partial charge is 0.508 e. The van der Waals surface area contributed by atoms with Crippen LogP contribution in [0.2, 0.25) is 0 Å². The molecule has 0 amide bonds. The van der Waals surface area contributed by atoms with Crippen LogP contribution in [0, 0.1) is 56.7 Å². The maximum Gasteiger partial charge on any atom is 0.115 e. The predicted octanol–water partition coefficient (Wildman–Crippen LogP) is 7.52. The van der Waals surface area contributed by atoms with Gasteiger partial charge in [0, 0.05) is 12.6 Å². The van der Waals surface area contributed by atoms with Crippen molar-refractivity contribution in [1.82, 2.24) is 5.32 Å². The summed E-state index contributed by atoms with van der Waals surface area (Å²) in [6, 6.07) is 8.22. The third-order valence-electron chi connectivity index (χ3n) is 15.4. The molecule has 234 valence electrons. The number of fused-ring (bicyclic) bond motifs is 7. The Morgan fingerprint density at radius 1 is 0.833 bits per heavy atom. The van der Waals surface area contributed by atoms with Crippen LogP contribution in [0.25, 0.3) is 0 Å². The second kappa shape index (κ2) is 10.6. The molecule has 5 fully saturated rings. The van der Waals surface area contributed by atoms with E-state index in [1.165, 1.54) is 50.5 Å². The lowest BCUT2D eigenvalue weighted by Gasteiger charge is -2.73. The van der Waals surface area contributed by atoms with E-state index in [1.807, 2.05) is 12.1 Å². The molecular formula is C38H59NO3. The van der Waals surface area contributed by atoms with Crippen LogP contribution in [-0.4, -0.2) is 41.1 Å². The lowest BCUT2D eigenvalue weighted by Crippen LogP contribution is -2.67. The summed E-state index contributed by atoms with van der Waals surface area (Å²) in [7, 11) is 0. The van der Waals surface area contributed by atoms with Crippen LogP contribution in [0.4, 0.5) is 0 Å². The Hall–Kier alpha value is -1.36. The molecule has 6 rings (SSSR count). The number of hydrogen-bond donors (Lipinski definition) is 4. The van der Waals surface area contributed by atoms with Crippen LogP contribution in [-0.2, 0) is 6.42 Å². The van der Waals surface area contributed by atoms with E-state index in [4.69, 9.17) is 0 Å². The second-order valence-electron chi connectivity index (χ2n) is 17.0. The fourth-order valence-electron chi connectivity index (χ4n) is 13.0. The first-order chi connectivity index (χ1) is 19.9. The number of aliphatic hydroxyl groups is 2. The number of rotatable bonds is 7. The second-order valence-corrected chi connectivity index (χ2v) is 17.0. The van der Waals surface area contributed by atoms with Gasteiger partial charge >= 0.3 is 0 Å². The smallest absolute Gasteiger partial charge is 0.115 e. The molecule has 5 aliphatic rings. The minimum absolute atomic E-state index is 0.0309. The lowest BCUT2D eigenvalue weighted by molar-refractivity contribution is -0.241. The van der Waals surface area contributed by atoms with E-state index in [1.54, 1.807) is 12.1 Å². The average Bonchev–Trinajstić information content (AvgIpc) is 3.35. The highest BCUT2D eigenvalue weighted by molar-refractivity contribution is 5.26. The van der Waals surface area contributed by atoms with Gasteiger partial charge in [-0.25, -0.2) is 0 Å². The number of aromatic hydroxyl groups is 1. The van der Waals surface area contributed by atoms with E-state index < -0.39 is 0 Å². The normalized spacial score (nSPS) is 45.8. The first-order valence-corrected chi connectivity index (χ1v) is 17.3. The first-order valence-electron chi connectivity index (χ1n) is 17.3. The van der Waals surface area contributed by atoms with Gasteiger partial charge in [0.25, 0.3) is 0 Å². The van der Waals surface area contributed by atoms with Crippen molar-refractivity contribution in [2.24, 2.45) is 56.7 Å². The summed E-state index contributed by atoms with van der Waals surface area (Å²) >= 11 is 0. The Kier molecular flexibility index (Phi) is 7.75. The maximum atomic E-state index is 10.8.